The van der Waals surface area contributed by atoms with Crippen LogP contribution in [0.4, 0.5) is 0 Å². The van der Waals surface area contributed by atoms with Crippen LogP contribution in [-0.4, -0.2) is 0 Å². The third kappa shape index (κ3) is 3.35. The van der Waals surface area contributed by atoms with Crippen molar-refractivity contribution in [2.75, 3.05) is 0 Å². The lowest BCUT2D eigenvalue weighted by Gasteiger charge is -2.22. The van der Waals surface area contributed by atoms with Crippen LogP contribution in [0.1, 0.15) is 25.0 Å². The predicted octanol–water partition coefficient (Wildman–Crippen LogP) is 13.3. The second-order valence-electron chi connectivity index (χ2n) is 14.1. The number of hydrogen-bond acceptors (Lipinski definition) is 1. The second-order valence-corrected chi connectivity index (χ2v) is 14.1. The molecule has 0 atom stereocenters. The first kappa shape index (κ1) is 26.2. The molecule has 0 saturated carbocycles. The highest BCUT2D eigenvalue weighted by Crippen LogP contribution is 2.53. The minimum absolute atomic E-state index is 0.0926. The minimum Gasteiger partial charge on any atom is -0.456 e. The molecule has 1 aromatic heterocycles. The largest absolute Gasteiger partial charge is 0.456 e. The molecule has 0 unspecified atom stereocenters. The molecular weight excluding hydrogens is 581 g/mol. The van der Waals surface area contributed by atoms with Gasteiger partial charge in [-0.3, -0.25) is 0 Å². The highest BCUT2D eigenvalue weighted by atomic mass is 16.3. The zero-order chi connectivity index (χ0) is 31.7. The molecule has 0 fully saturated rings. The van der Waals surface area contributed by atoms with Crippen molar-refractivity contribution >= 4 is 65.0 Å². The van der Waals surface area contributed by atoms with Gasteiger partial charge in [-0.1, -0.05) is 135 Å². The first-order valence-corrected chi connectivity index (χ1v) is 16.8. The van der Waals surface area contributed by atoms with Gasteiger partial charge in [-0.2, -0.15) is 0 Å². The van der Waals surface area contributed by atoms with Crippen LogP contribution < -0.4 is 0 Å². The van der Waals surface area contributed by atoms with Crippen LogP contribution in [0.2, 0.25) is 0 Å². The fraction of sp³-hybridized carbons (Fsp3) is 0.0638. The second kappa shape index (κ2) is 9.12. The Labute approximate surface area is 278 Å². The first-order valence-electron chi connectivity index (χ1n) is 16.8. The van der Waals surface area contributed by atoms with E-state index < -0.39 is 0 Å². The van der Waals surface area contributed by atoms with E-state index in [0.717, 1.165) is 21.9 Å². The molecule has 1 nitrogen and oxygen atoms in total. The lowest BCUT2D eigenvalue weighted by Crippen LogP contribution is -2.14. The van der Waals surface area contributed by atoms with Crippen molar-refractivity contribution in [1.29, 1.82) is 0 Å². The summed E-state index contributed by atoms with van der Waals surface area (Å²) >= 11 is 0. The van der Waals surface area contributed by atoms with Crippen molar-refractivity contribution in [2.24, 2.45) is 0 Å². The van der Waals surface area contributed by atoms with Crippen molar-refractivity contribution < 1.29 is 4.42 Å². The fourth-order valence-corrected chi connectivity index (χ4v) is 8.91. The third-order valence-electron chi connectivity index (χ3n) is 11.2. The molecule has 11 rings (SSSR count). The van der Waals surface area contributed by atoms with E-state index in [2.05, 4.69) is 147 Å². The summed E-state index contributed by atoms with van der Waals surface area (Å²) in [6, 6.07) is 54.1. The van der Waals surface area contributed by atoms with Gasteiger partial charge in [0, 0.05) is 16.2 Å². The number of para-hydroxylation sites is 1. The third-order valence-corrected chi connectivity index (χ3v) is 11.2. The molecule has 0 aliphatic heterocycles. The van der Waals surface area contributed by atoms with Crippen LogP contribution >= 0.6 is 0 Å². The molecule has 0 spiro atoms. The Morgan fingerprint density at radius 2 is 1.04 bits per heavy atom. The molecule has 1 aliphatic rings. The maximum Gasteiger partial charge on any atom is 0.135 e. The summed E-state index contributed by atoms with van der Waals surface area (Å²) in [5, 5.41) is 12.8. The number of hydrogen-bond donors (Lipinski definition) is 0. The van der Waals surface area contributed by atoms with Crippen LogP contribution in [0.5, 0.6) is 0 Å². The van der Waals surface area contributed by atoms with Gasteiger partial charge in [0.2, 0.25) is 0 Å². The van der Waals surface area contributed by atoms with Crippen LogP contribution in [0.15, 0.2) is 150 Å². The Morgan fingerprint density at radius 1 is 0.396 bits per heavy atom. The zero-order valence-electron chi connectivity index (χ0n) is 26.8. The van der Waals surface area contributed by atoms with E-state index in [1.54, 1.807) is 0 Å². The number of furan rings is 1. The van der Waals surface area contributed by atoms with Crippen molar-refractivity contribution in [3.63, 3.8) is 0 Å². The summed E-state index contributed by atoms with van der Waals surface area (Å²) in [4.78, 5) is 0. The van der Waals surface area contributed by atoms with E-state index in [9.17, 15) is 0 Å². The van der Waals surface area contributed by atoms with Gasteiger partial charge in [0.15, 0.2) is 0 Å². The lowest BCUT2D eigenvalue weighted by atomic mass is 9.81. The molecule has 1 aliphatic carbocycles. The normalized spacial score (nSPS) is 13.8. The van der Waals surface area contributed by atoms with Gasteiger partial charge in [0.25, 0.3) is 0 Å². The van der Waals surface area contributed by atoms with E-state index in [4.69, 9.17) is 4.42 Å². The zero-order valence-corrected chi connectivity index (χ0v) is 26.8. The molecule has 0 radical (unpaired) electrons. The molecule has 224 valence electrons. The van der Waals surface area contributed by atoms with E-state index in [-0.39, 0.29) is 5.41 Å². The summed E-state index contributed by atoms with van der Waals surface area (Å²) in [6.45, 7) is 4.75. The molecule has 1 heterocycles. The van der Waals surface area contributed by atoms with Crippen LogP contribution in [0.25, 0.3) is 98.4 Å². The van der Waals surface area contributed by atoms with Crippen LogP contribution in [0, 0.1) is 0 Å². The Kier molecular flexibility index (Phi) is 4.97. The molecule has 0 saturated heterocycles. The molecule has 10 aromatic rings. The predicted molar refractivity (Wildman–Crippen MR) is 203 cm³/mol. The van der Waals surface area contributed by atoms with Gasteiger partial charge in [-0.25, -0.2) is 0 Å². The van der Waals surface area contributed by atoms with Crippen LogP contribution in [-0.2, 0) is 5.41 Å². The van der Waals surface area contributed by atoms with E-state index in [1.165, 1.54) is 87.6 Å². The maximum atomic E-state index is 6.16. The Bertz CT molecular complexity index is 2960. The average molecular weight is 611 g/mol. The molecular formula is C47H30O. The monoisotopic (exact) mass is 610 g/mol. The van der Waals surface area contributed by atoms with Gasteiger partial charge < -0.3 is 4.42 Å². The van der Waals surface area contributed by atoms with Gasteiger partial charge in [0.05, 0.1) is 0 Å². The fourth-order valence-electron chi connectivity index (χ4n) is 8.91. The molecule has 48 heavy (non-hydrogen) atoms. The quantitative estimate of drug-likeness (QED) is 0.178. The summed E-state index contributed by atoms with van der Waals surface area (Å²) in [6.07, 6.45) is 0. The van der Waals surface area contributed by atoms with Gasteiger partial charge in [0.1, 0.15) is 11.2 Å². The Balaban J connectivity index is 1.13. The SMILES string of the molecule is CC1(C)c2ccc(-c3ccc4ccc5cccc6ccc3c4c56)cc2-c2c1ccc1c(-c3ccc4oc5ccccc5c4c3)cccc21. The van der Waals surface area contributed by atoms with Gasteiger partial charge in [-0.15, -0.1) is 0 Å². The van der Waals surface area contributed by atoms with E-state index in [1.807, 2.05) is 12.1 Å². The van der Waals surface area contributed by atoms with E-state index >= 15 is 0 Å². The summed E-state index contributed by atoms with van der Waals surface area (Å²) < 4.78 is 6.16. The topological polar surface area (TPSA) is 13.1 Å². The Hall–Kier alpha value is -5.92. The number of rotatable bonds is 2. The van der Waals surface area contributed by atoms with Crippen LogP contribution in [0.3, 0.4) is 0 Å². The highest BCUT2D eigenvalue weighted by Gasteiger charge is 2.37. The van der Waals surface area contributed by atoms with Crippen molar-refractivity contribution in [1.82, 2.24) is 0 Å². The first-order chi connectivity index (χ1) is 23.5. The smallest absolute Gasteiger partial charge is 0.135 e. The lowest BCUT2D eigenvalue weighted by molar-refractivity contribution is 0.661. The van der Waals surface area contributed by atoms with E-state index in [0.29, 0.717) is 0 Å². The molecule has 0 amide bonds. The molecule has 0 N–H and O–H groups in total. The molecule has 1 heteroatoms. The molecule has 9 aromatic carbocycles. The molecule has 0 bridgehead atoms. The maximum absolute atomic E-state index is 6.16. The van der Waals surface area contributed by atoms with Gasteiger partial charge in [-0.05, 0) is 112 Å². The number of benzene rings is 9. The van der Waals surface area contributed by atoms with Crippen molar-refractivity contribution in [2.45, 2.75) is 19.3 Å². The summed E-state index contributed by atoms with van der Waals surface area (Å²) in [5.41, 5.74) is 12.3. The van der Waals surface area contributed by atoms with Crippen molar-refractivity contribution in [3.8, 4) is 33.4 Å². The summed E-state index contributed by atoms with van der Waals surface area (Å²) in [5.74, 6) is 0. The minimum atomic E-state index is -0.0926. The number of fused-ring (bicyclic) bond motifs is 8. The Morgan fingerprint density at radius 3 is 1.94 bits per heavy atom. The average Bonchev–Trinajstić information content (AvgIpc) is 3.61. The summed E-state index contributed by atoms with van der Waals surface area (Å²) in [7, 11) is 0. The van der Waals surface area contributed by atoms with Gasteiger partial charge >= 0.3 is 0 Å². The standard InChI is InChI=1S/C47H30O/c1-47(2)40-22-17-30(33-19-15-29-14-13-27-7-5-8-28-16-20-37(33)45(29)44(27)28)26-39(40)46-36-11-6-10-32(34(36)21-23-41(46)47)31-18-24-43-38(25-31)35-9-3-4-12-42(35)48-43/h3-26H,1-2H3. The van der Waals surface area contributed by atoms with Crippen molar-refractivity contribution in [3.05, 3.63) is 157 Å². The highest BCUT2D eigenvalue weighted by molar-refractivity contribution is 6.25.